The molecule has 4 heteroatoms. The molecule has 0 aliphatic carbocycles. The molecule has 1 heterocycles. The normalized spacial score (nSPS) is 10.5. The Bertz CT molecular complexity index is 923. The average Bonchev–Trinajstić information content (AvgIpc) is 3.14. The van der Waals surface area contributed by atoms with E-state index in [-0.39, 0.29) is 0 Å². The molecule has 0 amide bonds. The first-order chi connectivity index (χ1) is 12.8. The van der Waals surface area contributed by atoms with Gasteiger partial charge in [-0.3, -0.25) is 0 Å². The number of nitrogens with one attached hydrogen (secondary N) is 1. The molecule has 3 nitrogen and oxygen atoms in total. The van der Waals surface area contributed by atoms with Crippen LogP contribution in [-0.4, -0.2) is 12.1 Å². The molecule has 0 saturated carbocycles. The van der Waals surface area contributed by atoms with Crippen molar-refractivity contribution >= 4 is 22.2 Å². The van der Waals surface area contributed by atoms with Crippen molar-refractivity contribution in [3.05, 3.63) is 84.9 Å². The van der Waals surface area contributed by atoms with Crippen molar-refractivity contribution in [2.75, 3.05) is 12.4 Å². The zero-order valence-corrected chi connectivity index (χ0v) is 15.2. The van der Waals surface area contributed by atoms with Crippen molar-refractivity contribution in [2.24, 2.45) is 0 Å². The van der Waals surface area contributed by atoms with Crippen LogP contribution in [0.25, 0.3) is 21.7 Å². The largest absolute Gasteiger partial charge is 0.497 e. The minimum Gasteiger partial charge on any atom is -0.497 e. The molecule has 128 valence electrons. The second kappa shape index (κ2) is 7.42. The Kier molecular flexibility index (Phi) is 4.67. The number of aromatic nitrogens is 1. The number of hydrogen-bond donors (Lipinski definition) is 1. The summed E-state index contributed by atoms with van der Waals surface area (Å²) in [6, 6.07) is 28.5. The van der Waals surface area contributed by atoms with Gasteiger partial charge >= 0.3 is 0 Å². The summed E-state index contributed by atoms with van der Waals surface area (Å²) in [5.74, 6) is 0.838. The zero-order chi connectivity index (χ0) is 17.8. The highest BCUT2D eigenvalue weighted by atomic mass is 32.1. The van der Waals surface area contributed by atoms with E-state index in [1.165, 1.54) is 5.56 Å². The summed E-state index contributed by atoms with van der Waals surface area (Å²) in [5, 5.41) is 4.28. The molecule has 26 heavy (non-hydrogen) atoms. The van der Waals surface area contributed by atoms with Crippen molar-refractivity contribution in [3.63, 3.8) is 0 Å². The standard InChI is InChI=1S/C22H18N2OS/c1-25-19-14-12-18(13-15-19)23-22-24-20(16-8-4-2-5-9-16)21(26-22)17-10-6-3-7-11-17/h2-15H,1H3,(H,23,24). The van der Waals surface area contributed by atoms with Gasteiger partial charge in [0.15, 0.2) is 5.13 Å². The Morgan fingerprint density at radius 1 is 0.769 bits per heavy atom. The van der Waals surface area contributed by atoms with Crippen molar-refractivity contribution in [1.29, 1.82) is 0 Å². The van der Waals surface area contributed by atoms with E-state index in [1.54, 1.807) is 18.4 Å². The highest BCUT2D eigenvalue weighted by Crippen LogP contribution is 2.39. The van der Waals surface area contributed by atoms with E-state index in [0.29, 0.717) is 0 Å². The van der Waals surface area contributed by atoms with Crippen LogP contribution in [0, 0.1) is 0 Å². The van der Waals surface area contributed by atoms with Crippen LogP contribution in [0.4, 0.5) is 10.8 Å². The molecule has 1 N–H and O–H groups in total. The van der Waals surface area contributed by atoms with E-state index in [9.17, 15) is 0 Å². The predicted octanol–water partition coefficient (Wildman–Crippen LogP) is 6.23. The molecule has 1 aromatic heterocycles. The first kappa shape index (κ1) is 16.4. The molecule has 0 fully saturated rings. The second-order valence-corrected chi connectivity index (χ2v) is 6.78. The van der Waals surface area contributed by atoms with Gasteiger partial charge < -0.3 is 10.1 Å². The molecule has 0 atom stereocenters. The first-order valence-electron chi connectivity index (χ1n) is 8.36. The number of benzene rings is 3. The molecule has 4 aromatic rings. The van der Waals surface area contributed by atoms with Crippen LogP contribution < -0.4 is 10.1 Å². The summed E-state index contributed by atoms with van der Waals surface area (Å²) in [6.45, 7) is 0. The topological polar surface area (TPSA) is 34.1 Å². The quantitative estimate of drug-likeness (QED) is 0.459. The average molecular weight is 358 g/mol. The van der Waals surface area contributed by atoms with Gasteiger partial charge in [0.05, 0.1) is 17.7 Å². The summed E-state index contributed by atoms with van der Waals surface area (Å²) in [6.07, 6.45) is 0. The van der Waals surface area contributed by atoms with Crippen LogP contribution in [0.2, 0.25) is 0 Å². The second-order valence-electron chi connectivity index (χ2n) is 5.78. The minimum absolute atomic E-state index is 0.838. The summed E-state index contributed by atoms with van der Waals surface area (Å²) >= 11 is 1.66. The van der Waals surface area contributed by atoms with Gasteiger partial charge in [0.1, 0.15) is 5.75 Å². The molecule has 0 aliphatic heterocycles. The van der Waals surface area contributed by atoms with E-state index < -0.39 is 0 Å². The highest BCUT2D eigenvalue weighted by Gasteiger charge is 2.14. The smallest absolute Gasteiger partial charge is 0.188 e. The maximum atomic E-state index is 5.22. The molecule has 3 aromatic carbocycles. The van der Waals surface area contributed by atoms with Crippen molar-refractivity contribution in [3.8, 4) is 27.4 Å². The summed E-state index contributed by atoms with van der Waals surface area (Å²) in [5.41, 5.74) is 4.27. The monoisotopic (exact) mass is 358 g/mol. The van der Waals surface area contributed by atoms with Crippen LogP contribution >= 0.6 is 11.3 Å². The van der Waals surface area contributed by atoms with Gasteiger partial charge in [0.2, 0.25) is 0 Å². The Morgan fingerprint density at radius 3 is 2.00 bits per heavy atom. The molecule has 0 spiro atoms. The number of anilines is 2. The van der Waals surface area contributed by atoms with E-state index in [4.69, 9.17) is 9.72 Å². The van der Waals surface area contributed by atoms with Crippen LogP contribution in [0.1, 0.15) is 0 Å². The lowest BCUT2D eigenvalue weighted by Gasteiger charge is -2.03. The first-order valence-corrected chi connectivity index (χ1v) is 9.18. The van der Waals surface area contributed by atoms with Gasteiger partial charge in [-0.2, -0.15) is 0 Å². The zero-order valence-electron chi connectivity index (χ0n) is 14.3. The fourth-order valence-electron chi connectivity index (χ4n) is 2.75. The van der Waals surface area contributed by atoms with Crippen LogP contribution in [0.5, 0.6) is 5.75 Å². The lowest BCUT2D eigenvalue weighted by Crippen LogP contribution is -1.90. The number of methoxy groups -OCH3 is 1. The Hall–Kier alpha value is -3.11. The van der Waals surface area contributed by atoms with Crippen LogP contribution in [-0.2, 0) is 0 Å². The summed E-state index contributed by atoms with van der Waals surface area (Å²) in [4.78, 5) is 6.03. The maximum Gasteiger partial charge on any atom is 0.188 e. The third-order valence-corrected chi connectivity index (χ3v) is 5.07. The summed E-state index contributed by atoms with van der Waals surface area (Å²) in [7, 11) is 1.67. The minimum atomic E-state index is 0.838. The summed E-state index contributed by atoms with van der Waals surface area (Å²) < 4.78 is 5.22. The lowest BCUT2D eigenvalue weighted by molar-refractivity contribution is 0.415. The molecular formula is C22H18N2OS. The Labute approximate surface area is 156 Å². The lowest BCUT2D eigenvalue weighted by atomic mass is 10.1. The number of hydrogen-bond acceptors (Lipinski definition) is 4. The van der Waals surface area contributed by atoms with E-state index in [1.807, 2.05) is 48.5 Å². The molecule has 0 bridgehead atoms. The fourth-order valence-corrected chi connectivity index (χ4v) is 3.76. The van der Waals surface area contributed by atoms with Gasteiger partial charge in [-0.15, -0.1) is 0 Å². The van der Waals surface area contributed by atoms with Gasteiger partial charge in [-0.1, -0.05) is 72.0 Å². The van der Waals surface area contributed by atoms with Gasteiger partial charge in [-0.05, 0) is 29.8 Å². The highest BCUT2D eigenvalue weighted by molar-refractivity contribution is 7.19. The fraction of sp³-hybridized carbons (Fsp3) is 0.0455. The SMILES string of the molecule is COc1ccc(Nc2nc(-c3ccccc3)c(-c3ccccc3)s2)cc1. The van der Waals surface area contributed by atoms with Crippen molar-refractivity contribution in [2.45, 2.75) is 0 Å². The van der Waals surface area contributed by atoms with Gasteiger partial charge in [-0.25, -0.2) is 4.98 Å². The number of nitrogens with zero attached hydrogens (tertiary/aromatic N) is 1. The van der Waals surface area contributed by atoms with E-state index >= 15 is 0 Å². The third-order valence-electron chi connectivity index (χ3n) is 4.05. The Balaban J connectivity index is 1.73. The van der Waals surface area contributed by atoms with E-state index in [2.05, 4.69) is 41.7 Å². The molecular weight excluding hydrogens is 340 g/mol. The number of ether oxygens (including phenoxy) is 1. The van der Waals surface area contributed by atoms with Gasteiger partial charge in [0, 0.05) is 11.3 Å². The van der Waals surface area contributed by atoms with E-state index in [0.717, 1.165) is 32.7 Å². The third kappa shape index (κ3) is 3.46. The van der Waals surface area contributed by atoms with Crippen LogP contribution in [0.15, 0.2) is 84.9 Å². The molecule has 0 radical (unpaired) electrons. The van der Waals surface area contributed by atoms with Gasteiger partial charge in [0.25, 0.3) is 0 Å². The molecule has 4 rings (SSSR count). The van der Waals surface area contributed by atoms with Crippen molar-refractivity contribution in [1.82, 2.24) is 4.98 Å². The maximum absolute atomic E-state index is 5.22. The molecule has 0 saturated heterocycles. The van der Waals surface area contributed by atoms with Crippen molar-refractivity contribution < 1.29 is 4.74 Å². The predicted molar refractivity (Wildman–Crippen MR) is 109 cm³/mol. The Morgan fingerprint density at radius 2 is 1.38 bits per heavy atom. The number of rotatable bonds is 5. The van der Waals surface area contributed by atoms with Crippen LogP contribution in [0.3, 0.4) is 0 Å². The molecule has 0 unspecified atom stereocenters. The number of thiazole rings is 1. The molecule has 0 aliphatic rings.